The van der Waals surface area contributed by atoms with E-state index < -0.39 is 0 Å². The quantitative estimate of drug-likeness (QED) is 0.854. The maximum absolute atomic E-state index is 12.1. The van der Waals surface area contributed by atoms with Crippen molar-refractivity contribution in [2.75, 3.05) is 13.7 Å². The highest BCUT2D eigenvalue weighted by Crippen LogP contribution is 2.24. The molecule has 1 atom stereocenters. The maximum atomic E-state index is 12.1. The third-order valence-corrected chi connectivity index (χ3v) is 4.08. The van der Waals surface area contributed by atoms with Crippen molar-refractivity contribution in [1.29, 1.82) is 0 Å². The number of carbonyl (C=O) groups is 1. The van der Waals surface area contributed by atoms with Gasteiger partial charge in [-0.25, -0.2) is 0 Å². The SMILES string of the molecule is COc1ccc([C@@H](C)NC(=O)COc2ccc(C(C)(C)C)cc2)cc1. The normalized spacial score (nSPS) is 12.4. The van der Waals surface area contributed by atoms with Gasteiger partial charge in [-0.05, 0) is 47.7 Å². The first-order chi connectivity index (χ1) is 11.8. The zero-order valence-corrected chi connectivity index (χ0v) is 15.6. The molecule has 0 saturated heterocycles. The number of benzene rings is 2. The molecule has 0 unspecified atom stereocenters. The Morgan fingerprint density at radius 1 is 1.00 bits per heavy atom. The van der Waals surface area contributed by atoms with E-state index in [2.05, 4.69) is 26.1 Å². The third-order valence-electron chi connectivity index (χ3n) is 4.08. The summed E-state index contributed by atoms with van der Waals surface area (Å²) in [5.74, 6) is 1.34. The molecule has 0 heterocycles. The predicted molar refractivity (Wildman–Crippen MR) is 100 cm³/mol. The van der Waals surface area contributed by atoms with Gasteiger partial charge in [0.1, 0.15) is 11.5 Å². The summed E-state index contributed by atoms with van der Waals surface area (Å²) < 4.78 is 10.7. The smallest absolute Gasteiger partial charge is 0.258 e. The van der Waals surface area contributed by atoms with Crippen LogP contribution >= 0.6 is 0 Å². The van der Waals surface area contributed by atoms with Gasteiger partial charge in [0.25, 0.3) is 5.91 Å². The van der Waals surface area contributed by atoms with Crippen LogP contribution in [0.5, 0.6) is 11.5 Å². The lowest BCUT2D eigenvalue weighted by Crippen LogP contribution is -2.31. The van der Waals surface area contributed by atoms with Crippen LogP contribution < -0.4 is 14.8 Å². The number of hydrogen-bond donors (Lipinski definition) is 1. The van der Waals surface area contributed by atoms with Gasteiger partial charge in [0.2, 0.25) is 0 Å². The van der Waals surface area contributed by atoms with Crippen molar-refractivity contribution < 1.29 is 14.3 Å². The molecule has 4 nitrogen and oxygen atoms in total. The molecule has 0 aromatic heterocycles. The third kappa shape index (κ3) is 5.52. The Morgan fingerprint density at radius 2 is 1.56 bits per heavy atom. The van der Waals surface area contributed by atoms with E-state index in [1.807, 2.05) is 55.5 Å². The number of ether oxygens (including phenoxy) is 2. The Balaban J connectivity index is 1.85. The minimum Gasteiger partial charge on any atom is -0.497 e. The van der Waals surface area contributed by atoms with Gasteiger partial charge in [0, 0.05) is 0 Å². The molecule has 2 aromatic carbocycles. The Labute approximate surface area is 150 Å². The second-order valence-electron chi connectivity index (χ2n) is 7.13. The number of methoxy groups -OCH3 is 1. The molecule has 1 N–H and O–H groups in total. The van der Waals surface area contributed by atoms with Crippen LogP contribution in [0.3, 0.4) is 0 Å². The standard InChI is InChI=1S/C21H27NO3/c1-15(16-6-10-18(24-5)11-7-16)22-20(23)14-25-19-12-8-17(9-13-19)21(2,3)4/h6-13,15H,14H2,1-5H3,(H,22,23)/t15-/m1/s1. The molecule has 1 amide bonds. The van der Waals surface area contributed by atoms with Crippen LogP contribution in [-0.2, 0) is 10.2 Å². The Kier molecular flexibility index (Phi) is 6.07. The number of hydrogen-bond acceptors (Lipinski definition) is 3. The average molecular weight is 341 g/mol. The summed E-state index contributed by atoms with van der Waals surface area (Å²) >= 11 is 0. The molecular formula is C21H27NO3. The number of carbonyl (C=O) groups excluding carboxylic acids is 1. The molecule has 0 aliphatic rings. The lowest BCUT2D eigenvalue weighted by Gasteiger charge is -2.19. The van der Waals surface area contributed by atoms with E-state index in [0.29, 0.717) is 5.75 Å². The van der Waals surface area contributed by atoms with Crippen molar-refractivity contribution in [3.05, 3.63) is 59.7 Å². The van der Waals surface area contributed by atoms with Crippen molar-refractivity contribution >= 4 is 5.91 Å². The summed E-state index contributed by atoms with van der Waals surface area (Å²) in [4.78, 5) is 12.1. The fourth-order valence-electron chi connectivity index (χ4n) is 2.46. The summed E-state index contributed by atoms with van der Waals surface area (Å²) in [5.41, 5.74) is 2.35. The van der Waals surface area contributed by atoms with Crippen LogP contribution in [0.25, 0.3) is 0 Å². The summed E-state index contributed by atoms with van der Waals surface area (Å²) in [5, 5.41) is 2.93. The number of amides is 1. The highest BCUT2D eigenvalue weighted by atomic mass is 16.5. The van der Waals surface area contributed by atoms with Crippen LogP contribution in [0.1, 0.15) is 44.9 Å². The van der Waals surface area contributed by atoms with Crippen LogP contribution in [-0.4, -0.2) is 19.6 Å². The van der Waals surface area contributed by atoms with E-state index in [9.17, 15) is 4.79 Å². The molecule has 2 rings (SSSR count). The van der Waals surface area contributed by atoms with E-state index in [0.717, 1.165) is 11.3 Å². The van der Waals surface area contributed by atoms with E-state index in [1.54, 1.807) is 7.11 Å². The molecule has 0 spiro atoms. The van der Waals surface area contributed by atoms with Gasteiger partial charge in [-0.2, -0.15) is 0 Å². The van der Waals surface area contributed by atoms with Gasteiger partial charge in [-0.1, -0.05) is 45.0 Å². The zero-order valence-electron chi connectivity index (χ0n) is 15.6. The zero-order chi connectivity index (χ0) is 18.4. The molecule has 134 valence electrons. The average Bonchev–Trinajstić information content (AvgIpc) is 2.59. The van der Waals surface area contributed by atoms with Crippen LogP contribution in [0.2, 0.25) is 0 Å². The molecule has 0 bridgehead atoms. The topological polar surface area (TPSA) is 47.6 Å². The van der Waals surface area contributed by atoms with E-state index >= 15 is 0 Å². The second kappa shape index (κ2) is 8.06. The van der Waals surface area contributed by atoms with Gasteiger partial charge in [0.15, 0.2) is 6.61 Å². The lowest BCUT2D eigenvalue weighted by atomic mass is 9.87. The van der Waals surface area contributed by atoms with E-state index in [1.165, 1.54) is 5.56 Å². The first-order valence-corrected chi connectivity index (χ1v) is 8.46. The van der Waals surface area contributed by atoms with Gasteiger partial charge in [0.05, 0.1) is 13.2 Å². The largest absolute Gasteiger partial charge is 0.497 e. The van der Waals surface area contributed by atoms with Crippen molar-refractivity contribution in [3.8, 4) is 11.5 Å². The lowest BCUT2D eigenvalue weighted by molar-refractivity contribution is -0.123. The predicted octanol–water partition coefficient (Wildman–Crippen LogP) is 4.25. The highest BCUT2D eigenvalue weighted by Gasteiger charge is 2.14. The minimum absolute atomic E-state index is 0.00460. The van der Waals surface area contributed by atoms with E-state index in [4.69, 9.17) is 9.47 Å². The fourth-order valence-corrected chi connectivity index (χ4v) is 2.46. The van der Waals surface area contributed by atoms with Gasteiger partial charge < -0.3 is 14.8 Å². The molecule has 0 aliphatic carbocycles. The molecule has 25 heavy (non-hydrogen) atoms. The molecule has 0 radical (unpaired) electrons. The van der Waals surface area contributed by atoms with E-state index in [-0.39, 0.29) is 24.0 Å². The molecule has 0 aliphatic heterocycles. The van der Waals surface area contributed by atoms with Crippen LogP contribution in [0, 0.1) is 0 Å². The Bertz CT molecular complexity index is 685. The first-order valence-electron chi connectivity index (χ1n) is 8.46. The first kappa shape index (κ1) is 18.8. The number of nitrogens with one attached hydrogen (secondary N) is 1. The van der Waals surface area contributed by atoms with Crippen molar-refractivity contribution in [1.82, 2.24) is 5.32 Å². The fraction of sp³-hybridized carbons (Fsp3) is 0.381. The Morgan fingerprint density at radius 3 is 2.08 bits per heavy atom. The highest BCUT2D eigenvalue weighted by molar-refractivity contribution is 5.78. The molecule has 4 heteroatoms. The molecular weight excluding hydrogens is 314 g/mol. The van der Waals surface area contributed by atoms with Gasteiger partial charge in [-0.15, -0.1) is 0 Å². The monoisotopic (exact) mass is 341 g/mol. The van der Waals surface area contributed by atoms with Crippen LogP contribution in [0.4, 0.5) is 0 Å². The maximum Gasteiger partial charge on any atom is 0.258 e. The Hall–Kier alpha value is -2.49. The second-order valence-corrected chi connectivity index (χ2v) is 7.13. The molecule has 2 aromatic rings. The molecule has 0 fully saturated rings. The minimum atomic E-state index is -0.150. The van der Waals surface area contributed by atoms with Crippen molar-refractivity contribution in [3.63, 3.8) is 0 Å². The van der Waals surface area contributed by atoms with Crippen molar-refractivity contribution in [2.45, 2.75) is 39.2 Å². The molecule has 0 saturated carbocycles. The number of rotatable bonds is 6. The van der Waals surface area contributed by atoms with Crippen molar-refractivity contribution in [2.24, 2.45) is 0 Å². The summed E-state index contributed by atoms with van der Waals surface area (Å²) in [7, 11) is 1.63. The van der Waals surface area contributed by atoms with Gasteiger partial charge >= 0.3 is 0 Å². The van der Waals surface area contributed by atoms with Crippen LogP contribution in [0.15, 0.2) is 48.5 Å². The summed E-state index contributed by atoms with van der Waals surface area (Å²) in [6, 6.07) is 15.4. The summed E-state index contributed by atoms with van der Waals surface area (Å²) in [6.07, 6.45) is 0. The summed E-state index contributed by atoms with van der Waals surface area (Å²) in [6.45, 7) is 8.43. The van der Waals surface area contributed by atoms with Gasteiger partial charge in [-0.3, -0.25) is 4.79 Å².